The summed E-state index contributed by atoms with van der Waals surface area (Å²) in [5, 5.41) is 0.680. The number of rotatable bonds is 2. The molecule has 4 rings (SSSR count). The molecular weight excluding hydrogens is 284 g/mol. The number of aromatic amines is 1. The molecule has 2 aliphatic rings. The Bertz CT molecular complexity index is 740. The van der Waals surface area contributed by atoms with Crippen molar-refractivity contribution in [3.05, 3.63) is 51.2 Å². The molecule has 1 aromatic carbocycles. The molecular formula is C17H17ClN2O. The van der Waals surface area contributed by atoms with E-state index in [1.165, 1.54) is 19.3 Å². The van der Waals surface area contributed by atoms with Crippen molar-refractivity contribution >= 4 is 11.6 Å². The molecule has 2 saturated carbocycles. The number of benzene rings is 1. The Balaban J connectivity index is 1.84. The predicted octanol–water partition coefficient (Wildman–Crippen LogP) is 3.91. The summed E-state index contributed by atoms with van der Waals surface area (Å²) in [6.45, 7) is 1.85. The van der Waals surface area contributed by atoms with Gasteiger partial charge in [-0.25, -0.2) is 4.98 Å². The summed E-state index contributed by atoms with van der Waals surface area (Å²) < 4.78 is 0. The van der Waals surface area contributed by atoms with Gasteiger partial charge in [-0.2, -0.15) is 0 Å². The summed E-state index contributed by atoms with van der Waals surface area (Å²) in [5.41, 5.74) is 2.57. The van der Waals surface area contributed by atoms with Gasteiger partial charge in [0, 0.05) is 10.9 Å². The van der Waals surface area contributed by atoms with Crippen molar-refractivity contribution in [1.82, 2.24) is 9.97 Å². The highest BCUT2D eigenvalue weighted by Crippen LogP contribution is 2.57. The molecule has 2 aliphatic carbocycles. The molecule has 1 heterocycles. The van der Waals surface area contributed by atoms with Crippen LogP contribution in [0.15, 0.2) is 29.1 Å². The third-order valence-electron chi connectivity index (χ3n) is 4.83. The Kier molecular flexibility index (Phi) is 2.93. The molecule has 0 amide bonds. The van der Waals surface area contributed by atoms with E-state index >= 15 is 0 Å². The zero-order chi connectivity index (χ0) is 14.6. The number of aryl methyl sites for hydroxylation is 1. The van der Waals surface area contributed by atoms with Crippen LogP contribution in [0.25, 0.3) is 11.1 Å². The van der Waals surface area contributed by atoms with E-state index in [9.17, 15) is 4.79 Å². The number of hydrogen-bond donors (Lipinski definition) is 1. The highest BCUT2D eigenvalue weighted by molar-refractivity contribution is 6.30. The minimum atomic E-state index is -0.0413. The minimum absolute atomic E-state index is 0.0413. The van der Waals surface area contributed by atoms with Crippen molar-refractivity contribution in [3.8, 4) is 11.1 Å². The highest BCUT2D eigenvalue weighted by atomic mass is 35.5. The quantitative estimate of drug-likeness (QED) is 0.914. The average Bonchev–Trinajstić information content (AvgIpc) is 3.06. The van der Waals surface area contributed by atoms with Crippen LogP contribution in [-0.2, 0) is 0 Å². The molecule has 21 heavy (non-hydrogen) atoms. The fourth-order valence-corrected chi connectivity index (χ4v) is 3.86. The lowest BCUT2D eigenvalue weighted by molar-refractivity contribution is 0.605. The van der Waals surface area contributed by atoms with Gasteiger partial charge in [0.15, 0.2) is 0 Å². The fraction of sp³-hybridized carbons (Fsp3) is 0.412. The molecule has 2 fully saturated rings. The van der Waals surface area contributed by atoms with Crippen LogP contribution in [0.2, 0.25) is 5.02 Å². The maximum absolute atomic E-state index is 12.5. The number of nitrogens with zero attached hydrogens (tertiary/aromatic N) is 1. The second-order valence-electron chi connectivity index (χ2n) is 6.34. The second kappa shape index (κ2) is 4.70. The molecule has 0 unspecified atom stereocenters. The molecule has 0 saturated heterocycles. The molecule has 4 heteroatoms. The van der Waals surface area contributed by atoms with E-state index in [2.05, 4.69) is 9.97 Å². The fourth-order valence-electron chi connectivity index (χ4n) is 3.74. The number of fused-ring (bicyclic) bond motifs is 1. The molecule has 1 aromatic heterocycles. The normalized spacial score (nSPS) is 26.7. The van der Waals surface area contributed by atoms with Crippen LogP contribution in [0, 0.1) is 18.8 Å². The summed E-state index contributed by atoms with van der Waals surface area (Å²) in [5.74, 6) is 2.87. The van der Waals surface area contributed by atoms with Gasteiger partial charge in [0.1, 0.15) is 5.82 Å². The molecule has 0 aliphatic heterocycles. The lowest BCUT2D eigenvalue weighted by Crippen LogP contribution is -2.18. The first-order valence-electron chi connectivity index (χ1n) is 7.48. The lowest BCUT2D eigenvalue weighted by atomic mass is 9.92. The van der Waals surface area contributed by atoms with Gasteiger partial charge in [-0.1, -0.05) is 23.7 Å². The Labute approximate surface area is 128 Å². The predicted molar refractivity (Wildman–Crippen MR) is 83.6 cm³/mol. The topological polar surface area (TPSA) is 45.8 Å². The lowest BCUT2D eigenvalue weighted by Gasteiger charge is -2.16. The van der Waals surface area contributed by atoms with Crippen LogP contribution in [0.5, 0.6) is 0 Å². The zero-order valence-corrected chi connectivity index (χ0v) is 12.7. The monoisotopic (exact) mass is 300 g/mol. The van der Waals surface area contributed by atoms with Gasteiger partial charge in [-0.05, 0) is 55.7 Å². The molecule has 1 N–H and O–H groups in total. The molecule has 0 bridgehead atoms. The summed E-state index contributed by atoms with van der Waals surface area (Å²) in [6.07, 6.45) is 3.73. The van der Waals surface area contributed by atoms with E-state index in [0.29, 0.717) is 16.8 Å². The largest absolute Gasteiger partial charge is 0.310 e. The number of halogens is 1. The first-order valence-corrected chi connectivity index (χ1v) is 7.86. The van der Waals surface area contributed by atoms with E-state index in [4.69, 9.17) is 11.6 Å². The maximum Gasteiger partial charge on any atom is 0.259 e. The van der Waals surface area contributed by atoms with Gasteiger partial charge in [-0.15, -0.1) is 0 Å². The van der Waals surface area contributed by atoms with Gasteiger partial charge < -0.3 is 4.98 Å². The van der Waals surface area contributed by atoms with Crippen molar-refractivity contribution in [2.24, 2.45) is 11.8 Å². The van der Waals surface area contributed by atoms with Crippen molar-refractivity contribution < 1.29 is 0 Å². The number of H-pyrrole nitrogens is 1. The van der Waals surface area contributed by atoms with Crippen molar-refractivity contribution in [2.75, 3.05) is 0 Å². The molecule has 2 aromatic rings. The smallest absolute Gasteiger partial charge is 0.259 e. The summed E-state index contributed by atoms with van der Waals surface area (Å²) in [7, 11) is 0. The van der Waals surface area contributed by atoms with Crippen LogP contribution in [0.3, 0.4) is 0 Å². The SMILES string of the molecule is Cc1nc([C@@H]2C[C@@H]3C[C@@H]3C2)c(-c2ccc(Cl)cc2)c(=O)[nH]1. The average molecular weight is 301 g/mol. The first kappa shape index (κ1) is 13.1. The number of nitrogens with one attached hydrogen (secondary N) is 1. The van der Waals surface area contributed by atoms with Gasteiger partial charge in [0.2, 0.25) is 0 Å². The van der Waals surface area contributed by atoms with Crippen molar-refractivity contribution in [1.29, 1.82) is 0 Å². The maximum atomic E-state index is 12.5. The number of aromatic nitrogens is 2. The van der Waals surface area contributed by atoms with Gasteiger partial charge in [0.05, 0.1) is 11.3 Å². The van der Waals surface area contributed by atoms with Crippen LogP contribution >= 0.6 is 11.6 Å². The molecule has 0 radical (unpaired) electrons. The zero-order valence-electron chi connectivity index (χ0n) is 11.9. The van der Waals surface area contributed by atoms with E-state index in [-0.39, 0.29) is 5.56 Å². The highest BCUT2D eigenvalue weighted by Gasteiger charge is 2.47. The summed E-state index contributed by atoms with van der Waals surface area (Å²) >= 11 is 5.95. The van der Waals surface area contributed by atoms with E-state index in [0.717, 1.165) is 28.7 Å². The van der Waals surface area contributed by atoms with Crippen molar-refractivity contribution in [3.63, 3.8) is 0 Å². The van der Waals surface area contributed by atoms with Crippen LogP contribution in [0.1, 0.15) is 36.7 Å². The molecule has 108 valence electrons. The number of hydrogen-bond acceptors (Lipinski definition) is 2. The molecule has 3 nitrogen and oxygen atoms in total. The van der Waals surface area contributed by atoms with E-state index < -0.39 is 0 Å². The molecule has 0 spiro atoms. The molecule has 3 atom stereocenters. The van der Waals surface area contributed by atoms with Gasteiger partial charge >= 0.3 is 0 Å². The third kappa shape index (κ3) is 2.30. The third-order valence-corrected chi connectivity index (χ3v) is 5.08. The Morgan fingerprint density at radius 1 is 1.14 bits per heavy atom. The van der Waals surface area contributed by atoms with Gasteiger partial charge in [-0.3, -0.25) is 4.79 Å². The Morgan fingerprint density at radius 3 is 2.48 bits per heavy atom. The van der Waals surface area contributed by atoms with E-state index in [1.54, 1.807) is 0 Å². The van der Waals surface area contributed by atoms with Crippen LogP contribution in [-0.4, -0.2) is 9.97 Å². The van der Waals surface area contributed by atoms with Gasteiger partial charge in [0.25, 0.3) is 5.56 Å². The van der Waals surface area contributed by atoms with E-state index in [1.807, 2.05) is 31.2 Å². The van der Waals surface area contributed by atoms with Crippen molar-refractivity contribution in [2.45, 2.75) is 32.1 Å². The second-order valence-corrected chi connectivity index (χ2v) is 6.78. The Morgan fingerprint density at radius 2 is 1.81 bits per heavy atom. The minimum Gasteiger partial charge on any atom is -0.310 e. The first-order chi connectivity index (χ1) is 10.1. The Hall–Kier alpha value is -1.61. The summed E-state index contributed by atoms with van der Waals surface area (Å²) in [6, 6.07) is 7.46. The standard InChI is InChI=1S/C17H17ClN2O/c1-9-19-16(13-7-11-6-12(11)8-13)15(17(21)20-9)10-2-4-14(18)5-3-10/h2-5,11-13H,6-8H2,1H3,(H,19,20,21)/t11-,12+,13+. The summed E-state index contributed by atoms with van der Waals surface area (Å²) in [4.78, 5) is 20.0. The van der Waals surface area contributed by atoms with Crippen LogP contribution in [0.4, 0.5) is 0 Å². The van der Waals surface area contributed by atoms with Crippen LogP contribution < -0.4 is 5.56 Å².